The fourth-order valence-electron chi connectivity index (χ4n) is 3.71. The maximum absolute atomic E-state index is 13.1. The highest BCUT2D eigenvalue weighted by Gasteiger charge is 2.32. The summed E-state index contributed by atoms with van der Waals surface area (Å²) in [7, 11) is 1.76. The zero-order valence-electron chi connectivity index (χ0n) is 16.6. The van der Waals surface area contributed by atoms with Gasteiger partial charge in [-0.1, -0.05) is 6.92 Å². The van der Waals surface area contributed by atoms with Crippen LogP contribution in [0.25, 0.3) is 28.3 Å². The largest absolute Gasteiger partial charge is 0.417 e. The Morgan fingerprint density at radius 2 is 2.00 bits per heavy atom. The van der Waals surface area contributed by atoms with Crippen LogP contribution < -0.4 is 0 Å². The van der Waals surface area contributed by atoms with Crippen molar-refractivity contribution in [2.75, 3.05) is 5.75 Å². The highest BCUT2D eigenvalue weighted by molar-refractivity contribution is 7.99. The van der Waals surface area contributed by atoms with Crippen LogP contribution in [0.4, 0.5) is 13.2 Å². The predicted molar refractivity (Wildman–Crippen MR) is 111 cm³/mol. The molecule has 4 aromatic heterocycles. The van der Waals surface area contributed by atoms with Crippen molar-refractivity contribution in [3.05, 3.63) is 41.7 Å². The normalized spacial score (nSPS) is 14.8. The number of nitrogens with zero attached hydrogens (tertiary/aromatic N) is 5. The standard InChI is InChI=1S/C21H20F3N5S/c1-3-30-20-17(27-16-9-13(6-7-29(16)20)8-12-4-5-12)19-26-15-10-14(21(22,23)24)11-25-18(15)28(19)2/h6-7,9-12H,3-5,8H2,1-2H3. The molecule has 0 atom stereocenters. The van der Waals surface area contributed by atoms with E-state index in [1.807, 2.05) is 10.6 Å². The lowest BCUT2D eigenvalue weighted by Gasteiger charge is -2.05. The molecule has 156 valence electrons. The lowest BCUT2D eigenvalue weighted by atomic mass is 10.1. The second-order valence-electron chi connectivity index (χ2n) is 7.67. The number of fused-ring (bicyclic) bond motifs is 2. The van der Waals surface area contributed by atoms with E-state index in [9.17, 15) is 13.2 Å². The van der Waals surface area contributed by atoms with Crippen LogP contribution in [0.15, 0.2) is 35.6 Å². The molecule has 1 aliphatic carbocycles. The summed E-state index contributed by atoms with van der Waals surface area (Å²) in [5.41, 5.74) is 2.56. The zero-order chi connectivity index (χ0) is 21.0. The third-order valence-electron chi connectivity index (χ3n) is 5.40. The molecule has 1 aliphatic rings. The number of rotatable bonds is 5. The topological polar surface area (TPSA) is 48.0 Å². The summed E-state index contributed by atoms with van der Waals surface area (Å²) in [6.07, 6.45) is 2.06. The highest BCUT2D eigenvalue weighted by Crippen LogP contribution is 2.36. The summed E-state index contributed by atoms with van der Waals surface area (Å²) in [5, 5.41) is 0.930. The van der Waals surface area contributed by atoms with Crippen LogP contribution in [-0.2, 0) is 19.6 Å². The quantitative estimate of drug-likeness (QED) is 0.399. The fourth-order valence-corrected chi connectivity index (χ4v) is 4.55. The van der Waals surface area contributed by atoms with E-state index in [4.69, 9.17) is 4.98 Å². The van der Waals surface area contributed by atoms with Crippen LogP contribution in [-0.4, -0.2) is 29.7 Å². The molecule has 1 saturated carbocycles. The number of hydrogen-bond donors (Lipinski definition) is 0. The Morgan fingerprint density at radius 1 is 1.20 bits per heavy atom. The number of hydrogen-bond acceptors (Lipinski definition) is 4. The second kappa shape index (κ2) is 7.01. The van der Waals surface area contributed by atoms with Crippen molar-refractivity contribution < 1.29 is 13.2 Å². The average Bonchev–Trinajstić information content (AvgIpc) is 3.36. The molecular formula is C21H20F3N5S. The van der Waals surface area contributed by atoms with Crippen molar-refractivity contribution in [3.63, 3.8) is 0 Å². The van der Waals surface area contributed by atoms with Gasteiger partial charge in [0, 0.05) is 19.4 Å². The number of alkyl halides is 3. The van der Waals surface area contributed by atoms with Crippen molar-refractivity contribution in [1.29, 1.82) is 0 Å². The molecule has 0 aromatic carbocycles. The Kier molecular flexibility index (Phi) is 4.53. The van der Waals surface area contributed by atoms with E-state index in [2.05, 4.69) is 29.0 Å². The van der Waals surface area contributed by atoms with Crippen molar-refractivity contribution in [3.8, 4) is 11.5 Å². The van der Waals surface area contributed by atoms with Crippen LogP contribution in [0.1, 0.15) is 30.9 Å². The third-order valence-corrected chi connectivity index (χ3v) is 6.35. The van der Waals surface area contributed by atoms with Gasteiger partial charge >= 0.3 is 6.18 Å². The van der Waals surface area contributed by atoms with Crippen LogP contribution in [0.3, 0.4) is 0 Å². The number of aryl methyl sites for hydroxylation is 1. The number of pyridine rings is 2. The molecule has 0 unspecified atom stereocenters. The number of imidazole rings is 2. The SMILES string of the molecule is CCSc1c(-c2nc3cc(C(F)(F)F)cnc3n2C)nc2cc(CC3CC3)ccn12. The van der Waals surface area contributed by atoms with Gasteiger partial charge < -0.3 is 4.57 Å². The maximum Gasteiger partial charge on any atom is 0.417 e. The molecule has 4 heterocycles. The van der Waals surface area contributed by atoms with Crippen molar-refractivity contribution in [2.45, 2.75) is 37.4 Å². The predicted octanol–water partition coefficient (Wildman–Crippen LogP) is 5.37. The summed E-state index contributed by atoms with van der Waals surface area (Å²) in [5.74, 6) is 2.13. The van der Waals surface area contributed by atoms with Gasteiger partial charge in [0.2, 0.25) is 0 Å². The average molecular weight is 431 g/mol. The van der Waals surface area contributed by atoms with Crippen LogP contribution in [0.2, 0.25) is 0 Å². The first-order valence-electron chi connectivity index (χ1n) is 9.89. The second-order valence-corrected chi connectivity index (χ2v) is 8.92. The van der Waals surface area contributed by atoms with Gasteiger partial charge in [-0.3, -0.25) is 4.40 Å². The molecule has 30 heavy (non-hydrogen) atoms. The molecule has 5 rings (SSSR count). The summed E-state index contributed by atoms with van der Waals surface area (Å²) in [4.78, 5) is 13.3. The summed E-state index contributed by atoms with van der Waals surface area (Å²) in [6, 6.07) is 5.27. The van der Waals surface area contributed by atoms with E-state index in [0.29, 0.717) is 17.2 Å². The molecule has 0 amide bonds. The van der Waals surface area contributed by atoms with Crippen molar-refractivity contribution in [2.24, 2.45) is 13.0 Å². The van der Waals surface area contributed by atoms with E-state index in [1.165, 1.54) is 18.4 Å². The molecule has 5 nitrogen and oxygen atoms in total. The number of thioether (sulfide) groups is 1. The van der Waals surface area contributed by atoms with Gasteiger partial charge in [0.1, 0.15) is 21.9 Å². The van der Waals surface area contributed by atoms with Gasteiger partial charge in [0.25, 0.3) is 0 Å². The molecule has 0 bridgehead atoms. The van der Waals surface area contributed by atoms with Crippen molar-refractivity contribution >= 4 is 28.6 Å². The van der Waals surface area contributed by atoms with E-state index in [1.54, 1.807) is 23.4 Å². The zero-order valence-corrected chi connectivity index (χ0v) is 17.4. The molecule has 0 aliphatic heterocycles. The summed E-state index contributed by atoms with van der Waals surface area (Å²) in [6.45, 7) is 2.06. The van der Waals surface area contributed by atoms with Gasteiger partial charge in [-0.2, -0.15) is 13.2 Å². The smallest absolute Gasteiger partial charge is 0.310 e. The first-order chi connectivity index (χ1) is 14.3. The Morgan fingerprint density at radius 3 is 2.70 bits per heavy atom. The Bertz CT molecular complexity index is 1250. The van der Waals surface area contributed by atoms with Crippen LogP contribution >= 0.6 is 11.8 Å². The minimum Gasteiger partial charge on any atom is -0.310 e. The molecule has 4 aromatic rings. The van der Waals surface area contributed by atoms with Crippen LogP contribution in [0, 0.1) is 5.92 Å². The van der Waals surface area contributed by atoms with E-state index in [-0.39, 0.29) is 5.52 Å². The number of halogens is 3. The molecular weight excluding hydrogens is 411 g/mol. The summed E-state index contributed by atoms with van der Waals surface area (Å²) < 4.78 is 43.0. The van der Waals surface area contributed by atoms with Gasteiger partial charge in [-0.25, -0.2) is 15.0 Å². The molecule has 0 N–H and O–H groups in total. The van der Waals surface area contributed by atoms with Gasteiger partial charge in [0.15, 0.2) is 11.5 Å². The van der Waals surface area contributed by atoms with Crippen LogP contribution in [0.5, 0.6) is 0 Å². The minimum absolute atomic E-state index is 0.209. The number of aromatic nitrogens is 5. The van der Waals surface area contributed by atoms with E-state index >= 15 is 0 Å². The Hall–Kier alpha value is -2.55. The van der Waals surface area contributed by atoms with E-state index in [0.717, 1.165) is 41.0 Å². The lowest BCUT2D eigenvalue weighted by Crippen LogP contribution is -2.05. The molecule has 0 spiro atoms. The third kappa shape index (κ3) is 3.34. The van der Waals surface area contributed by atoms with Gasteiger partial charge in [-0.05, 0) is 54.7 Å². The minimum atomic E-state index is -4.46. The summed E-state index contributed by atoms with van der Waals surface area (Å²) >= 11 is 1.64. The first-order valence-corrected chi connectivity index (χ1v) is 10.9. The molecule has 1 fully saturated rings. The Balaban J connectivity index is 1.66. The maximum atomic E-state index is 13.1. The highest BCUT2D eigenvalue weighted by atomic mass is 32.2. The lowest BCUT2D eigenvalue weighted by molar-refractivity contribution is -0.137. The molecule has 0 saturated heterocycles. The molecule has 9 heteroatoms. The van der Waals surface area contributed by atoms with Gasteiger partial charge in [0.05, 0.1) is 5.56 Å². The molecule has 0 radical (unpaired) electrons. The fraction of sp³-hybridized carbons (Fsp3) is 0.381. The van der Waals surface area contributed by atoms with E-state index < -0.39 is 11.7 Å². The van der Waals surface area contributed by atoms with Gasteiger partial charge in [-0.15, -0.1) is 11.8 Å². The first kappa shape index (κ1) is 19.4. The van der Waals surface area contributed by atoms with Crippen molar-refractivity contribution in [1.82, 2.24) is 23.9 Å². The monoisotopic (exact) mass is 431 g/mol. The Labute approximate surface area is 175 Å².